The Balaban J connectivity index is 1.83. The highest BCUT2D eigenvalue weighted by Crippen LogP contribution is 2.31. The lowest BCUT2D eigenvalue weighted by atomic mass is 9.98. The molecule has 0 amide bonds. The monoisotopic (exact) mass is 396 g/mol. The lowest BCUT2D eigenvalue weighted by Gasteiger charge is -2.41. The molecule has 1 aromatic carbocycles. The van der Waals surface area contributed by atoms with Crippen molar-refractivity contribution >= 4 is 5.97 Å². The van der Waals surface area contributed by atoms with Crippen molar-refractivity contribution in [1.82, 2.24) is 0 Å². The smallest absolute Gasteiger partial charge is 0.313 e. The zero-order chi connectivity index (χ0) is 20.3. The van der Waals surface area contributed by atoms with E-state index in [-0.39, 0.29) is 17.1 Å². The molecule has 1 aliphatic heterocycles. The maximum absolute atomic E-state index is 12.4. The van der Waals surface area contributed by atoms with Gasteiger partial charge in [-0.05, 0) is 31.0 Å². The average Bonchev–Trinajstić information content (AvgIpc) is 3.23. The van der Waals surface area contributed by atoms with Crippen LogP contribution in [0.4, 0.5) is 0 Å². The van der Waals surface area contributed by atoms with Crippen LogP contribution in [0.5, 0.6) is 11.5 Å². The molecule has 0 aromatic heterocycles. The lowest BCUT2D eigenvalue weighted by molar-refractivity contribution is -0.283. The Morgan fingerprint density at radius 1 is 1.21 bits per heavy atom. The van der Waals surface area contributed by atoms with Crippen LogP contribution in [0.2, 0.25) is 0 Å². The molecule has 0 bridgehead atoms. The van der Waals surface area contributed by atoms with Crippen molar-refractivity contribution in [2.45, 2.75) is 50.2 Å². The lowest BCUT2D eigenvalue weighted by Crippen LogP contribution is -2.61. The van der Waals surface area contributed by atoms with Crippen molar-refractivity contribution in [3.8, 4) is 11.5 Å². The van der Waals surface area contributed by atoms with Crippen molar-refractivity contribution in [3.63, 3.8) is 0 Å². The number of esters is 1. The predicted molar refractivity (Wildman–Crippen MR) is 94.2 cm³/mol. The molecule has 3 rings (SSSR count). The Kier molecular flexibility index (Phi) is 6.53. The van der Waals surface area contributed by atoms with Gasteiger partial charge in [0.2, 0.25) is 6.29 Å². The maximum Gasteiger partial charge on any atom is 0.313 e. The van der Waals surface area contributed by atoms with E-state index in [1.54, 1.807) is 6.08 Å². The molecular formula is C19H24O9. The van der Waals surface area contributed by atoms with Gasteiger partial charge in [-0.2, -0.15) is 0 Å². The third-order valence-corrected chi connectivity index (χ3v) is 4.85. The molecule has 1 fully saturated rings. The van der Waals surface area contributed by atoms with E-state index in [4.69, 9.17) is 14.2 Å². The number of hydrogen-bond acceptors (Lipinski definition) is 9. The van der Waals surface area contributed by atoms with E-state index in [1.165, 1.54) is 18.2 Å². The van der Waals surface area contributed by atoms with Gasteiger partial charge in [-0.15, -0.1) is 0 Å². The number of aromatic hydroxyl groups is 1. The zero-order valence-electron chi connectivity index (χ0n) is 15.0. The highest BCUT2D eigenvalue weighted by Gasteiger charge is 2.48. The molecule has 1 saturated heterocycles. The van der Waals surface area contributed by atoms with Crippen LogP contribution in [0.15, 0.2) is 30.4 Å². The van der Waals surface area contributed by atoms with E-state index in [9.17, 15) is 30.3 Å². The van der Waals surface area contributed by atoms with Gasteiger partial charge in [-0.1, -0.05) is 12.2 Å². The summed E-state index contributed by atoms with van der Waals surface area (Å²) in [5, 5.41) is 49.0. The topological polar surface area (TPSA) is 146 Å². The first-order valence-electron chi connectivity index (χ1n) is 9.03. The van der Waals surface area contributed by atoms with Crippen LogP contribution in [-0.2, 0) is 20.9 Å². The van der Waals surface area contributed by atoms with Crippen molar-refractivity contribution in [1.29, 1.82) is 0 Å². The standard InChI is InChI=1S/C19H24O9/c20-8-11-7-12(22)5-6-13(11)26-19-17(16(24)15(23)14(9-21)27-19)28-18(25)10-3-1-2-4-10/h1,3,5-7,10,14-17,19-24H,2,4,8-9H2. The fourth-order valence-corrected chi connectivity index (χ4v) is 3.26. The third kappa shape index (κ3) is 4.29. The second-order valence-electron chi connectivity index (χ2n) is 6.79. The van der Waals surface area contributed by atoms with Crippen LogP contribution >= 0.6 is 0 Å². The molecule has 2 aliphatic rings. The van der Waals surface area contributed by atoms with E-state index in [0.717, 1.165) is 6.42 Å². The second kappa shape index (κ2) is 8.89. The van der Waals surface area contributed by atoms with Gasteiger partial charge in [0, 0.05) is 5.56 Å². The highest BCUT2D eigenvalue weighted by atomic mass is 16.7. The van der Waals surface area contributed by atoms with Crippen LogP contribution in [0, 0.1) is 5.92 Å². The number of phenols is 1. The molecule has 6 unspecified atom stereocenters. The summed E-state index contributed by atoms with van der Waals surface area (Å²) in [6, 6.07) is 4.00. The van der Waals surface area contributed by atoms with Gasteiger partial charge >= 0.3 is 5.97 Å². The molecule has 1 heterocycles. The number of aliphatic hydroxyl groups excluding tert-OH is 4. The average molecular weight is 396 g/mol. The summed E-state index contributed by atoms with van der Waals surface area (Å²) >= 11 is 0. The van der Waals surface area contributed by atoms with E-state index >= 15 is 0 Å². The first-order valence-corrected chi connectivity index (χ1v) is 9.03. The van der Waals surface area contributed by atoms with Crippen LogP contribution < -0.4 is 4.74 Å². The fraction of sp³-hybridized carbons (Fsp3) is 0.526. The molecule has 9 heteroatoms. The summed E-state index contributed by atoms with van der Waals surface area (Å²) in [6.45, 7) is -1.03. The maximum atomic E-state index is 12.4. The normalized spacial score (nSPS) is 32.3. The molecule has 0 radical (unpaired) electrons. The number of allylic oxidation sites excluding steroid dienone is 1. The van der Waals surface area contributed by atoms with Crippen molar-refractivity contribution in [2.75, 3.05) is 6.61 Å². The van der Waals surface area contributed by atoms with E-state index in [0.29, 0.717) is 6.42 Å². The number of phenolic OH excluding ortho intramolecular Hbond substituents is 1. The molecule has 1 aromatic rings. The SMILES string of the molecule is O=C(OC1C(Oc2ccc(O)cc2CO)OC(CO)C(O)C1O)C1C=CCC1. The number of benzene rings is 1. The summed E-state index contributed by atoms with van der Waals surface area (Å²) in [5.41, 5.74) is 0.244. The van der Waals surface area contributed by atoms with E-state index in [1.807, 2.05) is 6.08 Å². The molecular weight excluding hydrogens is 372 g/mol. The molecule has 5 N–H and O–H groups in total. The third-order valence-electron chi connectivity index (χ3n) is 4.85. The summed E-state index contributed by atoms with van der Waals surface area (Å²) in [7, 11) is 0. The van der Waals surface area contributed by atoms with Gasteiger partial charge in [-0.25, -0.2) is 0 Å². The number of hydrogen-bond donors (Lipinski definition) is 5. The van der Waals surface area contributed by atoms with Crippen molar-refractivity contribution < 1.29 is 44.5 Å². The quantitative estimate of drug-likeness (QED) is 0.320. The summed E-state index contributed by atoms with van der Waals surface area (Å²) < 4.78 is 16.6. The predicted octanol–water partition coefficient (Wildman–Crippen LogP) is -0.420. The summed E-state index contributed by atoms with van der Waals surface area (Å²) in [5.74, 6) is -0.993. The van der Waals surface area contributed by atoms with Gasteiger partial charge in [0.25, 0.3) is 0 Å². The molecule has 1 aliphatic carbocycles. The van der Waals surface area contributed by atoms with Gasteiger partial charge in [0.1, 0.15) is 29.8 Å². The number of ether oxygens (including phenoxy) is 3. The number of rotatable bonds is 6. The second-order valence-corrected chi connectivity index (χ2v) is 6.79. The van der Waals surface area contributed by atoms with Crippen LogP contribution in [0.1, 0.15) is 18.4 Å². The first-order chi connectivity index (χ1) is 13.4. The highest BCUT2D eigenvalue weighted by molar-refractivity contribution is 5.75. The molecule has 28 heavy (non-hydrogen) atoms. The fourth-order valence-electron chi connectivity index (χ4n) is 3.26. The van der Waals surface area contributed by atoms with Crippen LogP contribution in [0.3, 0.4) is 0 Å². The molecule has 0 saturated carbocycles. The Morgan fingerprint density at radius 3 is 2.64 bits per heavy atom. The molecule has 9 nitrogen and oxygen atoms in total. The summed E-state index contributed by atoms with van der Waals surface area (Å²) in [6.07, 6.45) is -2.01. The number of aliphatic hydroxyl groups is 4. The minimum Gasteiger partial charge on any atom is -0.508 e. The van der Waals surface area contributed by atoms with Gasteiger partial charge in [-0.3, -0.25) is 4.79 Å². The molecule has 154 valence electrons. The Bertz CT molecular complexity index is 719. The van der Waals surface area contributed by atoms with Crippen molar-refractivity contribution in [2.24, 2.45) is 5.92 Å². The Hall–Kier alpha value is -2.17. The summed E-state index contributed by atoms with van der Waals surface area (Å²) in [4.78, 5) is 12.4. The van der Waals surface area contributed by atoms with Gasteiger partial charge < -0.3 is 39.7 Å². The Labute approximate surface area is 161 Å². The Morgan fingerprint density at radius 2 is 2.00 bits per heavy atom. The van der Waals surface area contributed by atoms with Crippen LogP contribution in [0.25, 0.3) is 0 Å². The first kappa shape index (κ1) is 20.6. The minimum atomic E-state index is -1.56. The largest absolute Gasteiger partial charge is 0.508 e. The van der Waals surface area contributed by atoms with Gasteiger partial charge in [0.15, 0.2) is 6.10 Å². The van der Waals surface area contributed by atoms with E-state index < -0.39 is 55.8 Å². The van der Waals surface area contributed by atoms with Crippen molar-refractivity contribution in [3.05, 3.63) is 35.9 Å². The van der Waals surface area contributed by atoms with E-state index in [2.05, 4.69) is 0 Å². The molecule has 6 atom stereocenters. The minimum absolute atomic E-state index is 0.0827. The van der Waals surface area contributed by atoms with Gasteiger partial charge in [0.05, 0.1) is 19.1 Å². The number of carbonyl (C=O) groups is 1. The molecule has 0 spiro atoms. The number of carbonyl (C=O) groups excluding carboxylic acids is 1. The van der Waals surface area contributed by atoms with Crippen LogP contribution in [-0.4, -0.2) is 68.8 Å². The zero-order valence-corrected chi connectivity index (χ0v) is 15.0.